The van der Waals surface area contributed by atoms with E-state index in [-0.39, 0.29) is 0 Å². The fourth-order valence-electron chi connectivity index (χ4n) is 4.20. The summed E-state index contributed by atoms with van der Waals surface area (Å²) in [6.45, 7) is 0. The maximum absolute atomic E-state index is 12.2. The molecule has 148 valence electrons. The zero-order valence-corrected chi connectivity index (χ0v) is 16.1. The molecule has 4 rings (SSSR count). The highest BCUT2D eigenvalue weighted by atomic mass is 16.5. The van der Waals surface area contributed by atoms with Crippen LogP contribution < -0.4 is 16.4 Å². The van der Waals surface area contributed by atoms with E-state index in [1.54, 1.807) is 0 Å². The van der Waals surface area contributed by atoms with Crippen LogP contribution in [0.5, 0.6) is 0 Å². The van der Waals surface area contributed by atoms with Gasteiger partial charge in [0.15, 0.2) is 0 Å². The van der Waals surface area contributed by atoms with Crippen molar-refractivity contribution in [1.29, 1.82) is 0 Å². The molecule has 2 aliphatic heterocycles. The van der Waals surface area contributed by atoms with Crippen molar-refractivity contribution in [3.8, 4) is 0 Å². The number of ether oxygens (including phenoxy) is 1. The minimum Gasteiger partial charge on any atom is -0.465 e. The number of rotatable bonds is 5. The minimum atomic E-state index is -0.412. The number of nitrogens with one attached hydrogen (secondary N) is 2. The van der Waals surface area contributed by atoms with Gasteiger partial charge in [0.2, 0.25) is 0 Å². The molecule has 4 heterocycles. The van der Waals surface area contributed by atoms with Crippen molar-refractivity contribution in [1.82, 2.24) is 19.9 Å². The van der Waals surface area contributed by atoms with Crippen molar-refractivity contribution in [3.05, 3.63) is 30.2 Å². The van der Waals surface area contributed by atoms with E-state index in [1.165, 1.54) is 38.5 Å². The first-order valence-corrected chi connectivity index (χ1v) is 9.45. The van der Waals surface area contributed by atoms with Crippen LogP contribution in [0.1, 0.15) is 36.0 Å². The summed E-state index contributed by atoms with van der Waals surface area (Å²) in [6, 6.07) is 3.32. The lowest BCUT2D eigenvalue weighted by Crippen LogP contribution is -2.44. The van der Waals surface area contributed by atoms with Crippen molar-refractivity contribution in [2.45, 2.75) is 43.8 Å². The topological polar surface area (TPSA) is 118 Å². The second-order valence-electron chi connectivity index (χ2n) is 7.42. The number of carbonyl (C=O) groups excluding carboxylic acids is 1. The summed E-state index contributed by atoms with van der Waals surface area (Å²) in [5, 5.41) is 6.65. The maximum atomic E-state index is 12.2. The summed E-state index contributed by atoms with van der Waals surface area (Å²) in [4.78, 5) is 27.2. The predicted molar refractivity (Wildman–Crippen MR) is 107 cm³/mol. The summed E-state index contributed by atoms with van der Waals surface area (Å²) in [5.74, 6) is 1.02. The number of nitrogen functional groups attached to an aromatic ring is 1. The Balaban J connectivity index is 1.56. The van der Waals surface area contributed by atoms with Crippen LogP contribution in [-0.4, -0.2) is 58.1 Å². The van der Waals surface area contributed by atoms with Crippen LogP contribution in [0.25, 0.3) is 0 Å². The molecular weight excluding hydrogens is 358 g/mol. The van der Waals surface area contributed by atoms with Gasteiger partial charge in [-0.1, -0.05) is 0 Å². The summed E-state index contributed by atoms with van der Waals surface area (Å²) in [5.41, 5.74) is 6.70. The largest absolute Gasteiger partial charge is 0.465 e. The first-order chi connectivity index (χ1) is 13.5. The van der Waals surface area contributed by atoms with E-state index in [4.69, 9.17) is 10.5 Å². The van der Waals surface area contributed by atoms with Crippen LogP contribution in [-0.2, 0) is 4.74 Å². The molecule has 9 heteroatoms. The Bertz CT molecular complexity index is 844. The number of aromatic nitrogens is 3. The number of hydrogen-bond acceptors (Lipinski definition) is 9. The van der Waals surface area contributed by atoms with E-state index in [0.717, 1.165) is 12.8 Å². The Kier molecular flexibility index (Phi) is 4.99. The van der Waals surface area contributed by atoms with E-state index in [1.807, 2.05) is 6.07 Å². The molecule has 0 radical (unpaired) electrons. The number of fused-ring (bicyclic) bond motifs is 2. The normalized spacial score (nSPS) is 24.0. The molecule has 2 aromatic heterocycles. The Labute approximate surface area is 163 Å². The number of carbonyl (C=O) groups is 1. The molecule has 0 spiro atoms. The van der Waals surface area contributed by atoms with Gasteiger partial charge in [-0.15, -0.1) is 0 Å². The zero-order chi connectivity index (χ0) is 19.7. The van der Waals surface area contributed by atoms with Crippen LogP contribution in [0.2, 0.25) is 0 Å². The zero-order valence-electron chi connectivity index (χ0n) is 16.1. The average molecular weight is 383 g/mol. The Morgan fingerprint density at radius 3 is 2.50 bits per heavy atom. The van der Waals surface area contributed by atoms with Gasteiger partial charge >= 0.3 is 5.97 Å². The molecular formula is C19H25N7O2. The maximum Gasteiger partial charge on any atom is 0.341 e. The molecule has 2 bridgehead atoms. The van der Waals surface area contributed by atoms with Crippen molar-refractivity contribution in [2.24, 2.45) is 0 Å². The Morgan fingerprint density at radius 2 is 1.86 bits per heavy atom. The van der Waals surface area contributed by atoms with E-state index in [2.05, 4.69) is 37.5 Å². The monoisotopic (exact) mass is 383 g/mol. The van der Waals surface area contributed by atoms with Crippen LogP contribution in [0.15, 0.2) is 24.7 Å². The second-order valence-corrected chi connectivity index (χ2v) is 7.42. The molecule has 0 aliphatic carbocycles. The van der Waals surface area contributed by atoms with Crippen LogP contribution in [0.4, 0.5) is 23.1 Å². The first-order valence-electron chi connectivity index (χ1n) is 9.45. The molecule has 1 unspecified atom stereocenters. The summed E-state index contributed by atoms with van der Waals surface area (Å²) in [7, 11) is 3.58. The molecule has 4 N–H and O–H groups in total. The molecule has 9 nitrogen and oxygen atoms in total. The number of methoxy groups -OCH3 is 1. The van der Waals surface area contributed by atoms with Gasteiger partial charge in [-0.25, -0.2) is 19.7 Å². The van der Waals surface area contributed by atoms with Gasteiger partial charge in [0.05, 0.1) is 25.2 Å². The molecule has 0 amide bonds. The van der Waals surface area contributed by atoms with E-state index >= 15 is 0 Å². The lowest BCUT2D eigenvalue weighted by Gasteiger charge is -2.37. The van der Waals surface area contributed by atoms with Crippen molar-refractivity contribution < 1.29 is 9.53 Å². The fraction of sp³-hybridized carbons (Fsp3) is 0.474. The first kappa shape index (κ1) is 18.4. The SMILES string of the molecule is COC(=O)c1cnc(Nc2cnc(N)cn2)cc1NC1C[C@H]2CC[C@@H](C1)N2C. The highest BCUT2D eigenvalue weighted by Gasteiger charge is 2.38. The molecule has 2 saturated heterocycles. The number of nitrogens with two attached hydrogens (primary N) is 1. The fourth-order valence-corrected chi connectivity index (χ4v) is 4.20. The number of piperidine rings is 1. The van der Waals surface area contributed by atoms with Crippen molar-refractivity contribution in [2.75, 3.05) is 30.5 Å². The van der Waals surface area contributed by atoms with Crippen LogP contribution in [0, 0.1) is 0 Å². The number of hydrogen-bond donors (Lipinski definition) is 3. The third-order valence-corrected chi connectivity index (χ3v) is 5.70. The van der Waals surface area contributed by atoms with Gasteiger partial charge in [-0.2, -0.15) is 0 Å². The second kappa shape index (κ2) is 7.59. The van der Waals surface area contributed by atoms with Gasteiger partial charge in [0.25, 0.3) is 0 Å². The van der Waals surface area contributed by atoms with Gasteiger partial charge in [-0.05, 0) is 32.7 Å². The van der Waals surface area contributed by atoms with Gasteiger partial charge in [0, 0.05) is 30.4 Å². The highest BCUT2D eigenvalue weighted by Crippen LogP contribution is 2.36. The highest BCUT2D eigenvalue weighted by molar-refractivity contribution is 5.96. The summed E-state index contributed by atoms with van der Waals surface area (Å²) in [6.07, 6.45) is 9.12. The molecule has 3 atom stereocenters. The van der Waals surface area contributed by atoms with Gasteiger partial charge in [0.1, 0.15) is 23.0 Å². The molecule has 2 fully saturated rings. The van der Waals surface area contributed by atoms with Gasteiger partial charge < -0.3 is 26.0 Å². The number of anilines is 4. The standard InChI is InChI=1S/C19H25N7O2/c1-26-12-3-4-13(26)6-11(5-12)24-15-7-17(22-8-14(15)19(27)28-2)25-18-10-21-16(20)9-23-18/h7-13H,3-6H2,1-2H3,(H2,20,21)(H2,22,23,24,25)/t11?,12-,13+. The number of esters is 1. The molecule has 0 aromatic carbocycles. The van der Waals surface area contributed by atoms with Crippen LogP contribution >= 0.6 is 0 Å². The molecule has 2 aromatic rings. The molecule has 28 heavy (non-hydrogen) atoms. The van der Waals surface area contributed by atoms with Crippen LogP contribution in [0.3, 0.4) is 0 Å². The lowest BCUT2D eigenvalue weighted by atomic mass is 9.97. The number of pyridine rings is 1. The van der Waals surface area contributed by atoms with Crippen molar-refractivity contribution in [3.63, 3.8) is 0 Å². The minimum absolute atomic E-state index is 0.309. The summed E-state index contributed by atoms with van der Waals surface area (Å²) < 4.78 is 4.93. The van der Waals surface area contributed by atoms with Crippen molar-refractivity contribution >= 4 is 29.1 Å². The van der Waals surface area contributed by atoms with E-state index in [9.17, 15) is 4.79 Å². The Hall–Kier alpha value is -2.94. The van der Waals surface area contributed by atoms with E-state index in [0.29, 0.717) is 46.8 Å². The molecule has 0 saturated carbocycles. The van der Waals surface area contributed by atoms with Gasteiger partial charge in [-0.3, -0.25) is 0 Å². The Morgan fingerprint density at radius 1 is 1.14 bits per heavy atom. The third-order valence-electron chi connectivity index (χ3n) is 5.70. The lowest BCUT2D eigenvalue weighted by molar-refractivity contribution is 0.0601. The number of nitrogens with zero attached hydrogens (tertiary/aromatic N) is 4. The average Bonchev–Trinajstić information content (AvgIpc) is 2.90. The summed E-state index contributed by atoms with van der Waals surface area (Å²) >= 11 is 0. The smallest absolute Gasteiger partial charge is 0.341 e. The molecule has 2 aliphatic rings. The van der Waals surface area contributed by atoms with E-state index < -0.39 is 5.97 Å². The third kappa shape index (κ3) is 3.70. The predicted octanol–water partition coefficient (Wildman–Crippen LogP) is 2.02. The quantitative estimate of drug-likeness (QED) is 0.666.